The molecule has 0 atom stereocenters. The minimum atomic E-state index is -0.474. The van der Waals surface area contributed by atoms with E-state index in [1.54, 1.807) is 0 Å². The summed E-state index contributed by atoms with van der Waals surface area (Å²) in [4.78, 5) is 23.9. The van der Waals surface area contributed by atoms with Gasteiger partial charge < -0.3 is 25.6 Å². The van der Waals surface area contributed by atoms with Gasteiger partial charge in [-0.05, 0) is 44.4 Å². The van der Waals surface area contributed by atoms with Gasteiger partial charge in [0.15, 0.2) is 0 Å². The Hall–Kier alpha value is -2.87. The van der Waals surface area contributed by atoms with E-state index in [-0.39, 0.29) is 6.03 Å². The van der Waals surface area contributed by atoms with Crippen molar-refractivity contribution >= 4 is 12.0 Å². The van der Waals surface area contributed by atoms with Crippen molar-refractivity contribution in [3.05, 3.63) is 53.7 Å². The number of allylic oxidation sites excluding steroid dienone is 1. The number of aromatic nitrogens is 2. The molecule has 1 aromatic heterocycles. The lowest BCUT2D eigenvalue weighted by Crippen LogP contribution is -2.46. The number of amides is 2. The summed E-state index contributed by atoms with van der Waals surface area (Å²) < 4.78 is 5.40. The van der Waals surface area contributed by atoms with Crippen LogP contribution in [0.3, 0.4) is 0 Å². The molecule has 0 aromatic carbocycles. The van der Waals surface area contributed by atoms with Gasteiger partial charge in [0.05, 0.1) is 17.8 Å². The molecule has 1 fully saturated rings. The summed E-state index contributed by atoms with van der Waals surface area (Å²) >= 11 is 0. The molecule has 0 spiro atoms. The molecular formula is C21H28N6O2. The van der Waals surface area contributed by atoms with Crippen LogP contribution in [0.15, 0.2) is 42.4 Å². The molecule has 3 aliphatic rings. The first-order valence-electron chi connectivity index (χ1n) is 10.0. The fourth-order valence-electron chi connectivity index (χ4n) is 3.91. The molecule has 4 heterocycles. The van der Waals surface area contributed by atoms with Crippen LogP contribution in [0, 0.1) is 0 Å². The van der Waals surface area contributed by atoms with Gasteiger partial charge in [0, 0.05) is 49.5 Å². The highest BCUT2D eigenvalue weighted by Gasteiger charge is 2.41. The van der Waals surface area contributed by atoms with Crippen molar-refractivity contribution in [1.29, 1.82) is 0 Å². The van der Waals surface area contributed by atoms with Crippen molar-refractivity contribution in [3.8, 4) is 0 Å². The first-order valence-corrected chi connectivity index (χ1v) is 10.0. The van der Waals surface area contributed by atoms with Gasteiger partial charge in [-0.3, -0.25) is 0 Å². The molecule has 0 unspecified atom stereocenters. The Kier molecular flexibility index (Phi) is 5.27. The number of carbonyl (C=O) groups excluding carboxylic acids is 1. The lowest BCUT2D eigenvalue weighted by atomic mass is 9.97. The van der Waals surface area contributed by atoms with Crippen molar-refractivity contribution in [2.24, 2.45) is 0 Å². The van der Waals surface area contributed by atoms with Gasteiger partial charge in [-0.2, -0.15) is 0 Å². The number of dihydropyridines is 1. The van der Waals surface area contributed by atoms with Gasteiger partial charge >= 0.3 is 6.03 Å². The summed E-state index contributed by atoms with van der Waals surface area (Å²) in [6.07, 6.45) is 9.42. The third kappa shape index (κ3) is 4.12. The first kappa shape index (κ1) is 19.4. The Bertz CT molecular complexity index is 870. The van der Waals surface area contributed by atoms with Crippen LogP contribution in [0.4, 0.5) is 10.7 Å². The second-order valence-corrected chi connectivity index (χ2v) is 8.11. The van der Waals surface area contributed by atoms with E-state index in [1.807, 2.05) is 43.3 Å². The van der Waals surface area contributed by atoms with Crippen LogP contribution in [0.5, 0.6) is 0 Å². The summed E-state index contributed by atoms with van der Waals surface area (Å²) in [5.41, 5.74) is 3.21. The Morgan fingerprint density at radius 3 is 2.97 bits per heavy atom. The van der Waals surface area contributed by atoms with Crippen molar-refractivity contribution in [2.75, 3.05) is 25.1 Å². The number of nitrogens with one attached hydrogen (secondary N) is 3. The van der Waals surface area contributed by atoms with Crippen LogP contribution in [-0.4, -0.2) is 46.7 Å². The number of ether oxygens (including phenoxy) is 1. The average molecular weight is 396 g/mol. The molecule has 8 heteroatoms. The van der Waals surface area contributed by atoms with Gasteiger partial charge in [0.1, 0.15) is 0 Å². The van der Waals surface area contributed by atoms with Crippen LogP contribution in [0.1, 0.15) is 37.9 Å². The topological polar surface area (TPSA) is 91.4 Å². The molecule has 154 valence electrons. The van der Waals surface area contributed by atoms with E-state index in [4.69, 9.17) is 9.72 Å². The van der Waals surface area contributed by atoms with E-state index in [0.29, 0.717) is 25.1 Å². The monoisotopic (exact) mass is 396 g/mol. The Morgan fingerprint density at radius 1 is 1.41 bits per heavy atom. The molecule has 4 rings (SSSR count). The fraction of sp³-hybridized carbons (Fsp3) is 0.476. The van der Waals surface area contributed by atoms with Crippen molar-refractivity contribution in [3.63, 3.8) is 0 Å². The maximum Gasteiger partial charge on any atom is 0.318 e. The molecule has 8 nitrogen and oxygen atoms in total. The quantitative estimate of drug-likeness (QED) is 0.724. The zero-order chi connectivity index (χ0) is 20.4. The normalized spacial score (nSPS) is 20.7. The van der Waals surface area contributed by atoms with E-state index in [9.17, 15) is 4.79 Å². The molecule has 0 bridgehead atoms. The largest absolute Gasteiger partial charge is 0.381 e. The lowest BCUT2D eigenvalue weighted by molar-refractivity contribution is 0.0903. The molecule has 1 saturated heterocycles. The van der Waals surface area contributed by atoms with Gasteiger partial charge in [0.2, 0.25) is 5.95 Å². The summed E-state index contributed by atoms with van der Waals surface area (Å²) in [5, 5.41) is 9.42. The highest BCUT2D eigenvalue weighted by Crippen LogP contribution is 2.37. The molecule has 0 radical (unpaired) electrons. The minimum Gasteiger partial charge on any atom is -0.381 e. The van der Waals surface area contributed by atoms with Crippen molar-refractivity contribution in [1.82, 2.24) is 25.5 Å². The van der Waals surface area contributed by atoms with Crippen LogP contribution >= 0.6 is 0 Å². The summed E-state index contributed by atoms with van der Waals surface area (Å²) in [5.74, 6) is 0.622. The molecule has 0 aliphatic carbocycles. The number of urea groups is 1. The number of anilines is 1. The third-order valence-electron chi connectivity index (χ3n) is 5.68. The SMILES string of the molecule is C=C1C=C(CNC(=O)N2Cc3nc(NC4CCOCC4)ncc3C2(C)C)C=CN1. The van der Waals surface area contributed by atoms with Gasteiger partial charge in [0.25, 0.3) is 0 Å². The van der Waals surface area contributed by atoms with Crippen LogP contribution in [-0.2, 0) is 16.8 Å². The Labute approximate surface area is 171 Å². The number of carbonyl (C=O) groups is 1. The standard InChI is InChI=1S/C21H28N6O2/c1-14-10-15(4-7-22-14)11-24-20(28)27-13-18-17(21(27,2)3)12-23-19(26-18)25-16-5-8-29-9-6-16/h4,7,10,12,16,22H,1,5-6,8-9,11,13H2,2-3H3,(H,24,28)(H,23,25,26). The molecular weight excluding hydrogens is 368 g/mol. The van der Waals surface area contributed by atoms with E-state index in [2.05, 4.69) is 27.5 Å². The van der Waals surface area contributed by atoms with Crippen LogP contribution in [0.2, 0.25) is 0 Å². The maximum absolute atomic E-state index is 12.9. The predicted molar refractivity (Wildman–Crippen MR) is 111 cm³/mol. The predicted octanol–water partition coefficient (Wildman–Crippen LogP) is 2.38. The molecule has 2 amide bonds. The van der Waals surface area contributed by atoms with Crippen LogP contribution < -0.4 is 16.0 Å². The molecule has 3 N–H and O–H groups in total. The summed E-state index contributed by atoms with van der Waals surface area (Å²) in [6.45, 7) is 10.4. The zero-order valence-corrected chi connectivity index (χ0v) is 17.0. The molecule has 3 aliphatic heterocycles. The Balaban J connectivity index is 1.42. The highest BCUT2D eigenvalue weighted by atomic mass is 16.5. The van der Waals surface area contributed by atoms with E-state index >= 15 is 0 Å². The Morgan fingerprint density at radius 2 is 2.21 bits per heavy atom. The summed E-state index contributed by atoms with van der Waals surface area (Å²) in [7, 11) is 0. The van der Waals surface area contributed by atoms with Crippen LogP contribution in [0.25, 0.3) is 0 Å². The van der Waals surface area contributed by atoms with E-state index in [1.165, 1.54) is 0 Å². The maximum atomic E-state index is 12.9. The minimum absolute atomic E-state index is 0.120. The smallest absolute Gasteiger partial charge is 0.318 e. The van der Waals surface area contributed by atoms with Gasteiger partial charge in [-0.1, -0.05) is 6.58 Å². The number of hydrogen-bond acceptors (Lipinski definition) is 6. The number of rotatable bonds is 4. The van der Waals surface area contributed by atoms with Gasteiger partial charge in [-0.15, -0.1) is 0 Å². The van der Waals surface area contributed by atoms with E-state index in [0.717, 1.165) is 48.6 Å². The number of hydrogen-bond donors (Lipinski definition) is 3. The average Bonchev–Trinajstić information content (AvgIpc) is 2.97. The molecule has 1 aromatic rings. The van der Waals surface area contributed by atoms with Crippen molar-refractivity contribution < 1.29 is 9.53 Å². The van der Waals surface area contributed by atoms with E-state index < -0.39 is 5.54 Å². The molecule has 0 saturated carbocycles. The summed E-state index contributed by atoms with van der Waals surface area (Å²) in [6, 6.07) is 0.210. The third-order valence-corrected chi connectivity index (χ3v) is 5.68. The number of nitrogens with zero attached hydrogens (tertiary/aromatic N) is 3. The second-order valence-electron chi connectivity index (χ2n) is 8.11. The lowest BCUT2D eigenvalue weighted by Gasteiger charge is -2.32. The molecule has 29 heavy (non-hydrogen) atoms. The van der Waals surface area contributed by atoms with Gasteiger partial charge in [-0.25, -0.2) is 14.8 Å². The number of fused-ring (bicyclic) bond motifs is 1. The fourth-order valence-corrected chi connectivity index (χ4v) is 3.91. The highest BCUT2D eigenvalue weighted by molar-refractivity contribution is 5.76. The van der Waals surface area contributed by atoms with Crippen molar-refractivity contribution in [2.45, 2.75) is 44.8 Å². The second kappa shape index (κ2) is 7.87. The first-order chi connectivity index (χ1) is 13.9. The zero-order valence-electron chi connectivity index (χ0n) is 17.0.